The van der Waals surface area contributed by atoms with Crippen LogP contribution in [-0.2, 0) is 9.53 Å². The van der Waals surface area contributed by atoms with Gasteiger partial charge in [-0.1, -0.05) is 46.0 Å². The number of rotatable bonds is 5. The van der Waals surface area contributed by atoms with Crippen molar-refractivity contribution >= 4 is 61.9 Å². The molecule has 168 valence electrons. The first kappa shape index (κ1) is 22.3. The van der Waals surface area contributed by atoms with E-state index in [0.717, 1.165) is 17.3 Å². The van der Waals surface area contributed by atoms with Crippen molar-refractivity contribution in [2.75, 3.05) is 13.2 Å². The Morgan fingerprint density at radius 3 is 2.82 bits per heavy atom. The van der Waals surface area contributed by atoms with E-state index in [1.807, 2.05) is 12.1 Å². The van der Waals surface area contributed by atoms with Crippen molar-refractivity contribution < 1.29 is 14.3 Å². The van der Waals surface area contributed by atoms with Crippen LogP contribution in [0.2, 0.25) is 0 Å². The van der Waals surface area contributed by atoms with Crippen molar-refractivity contribution in [1.29, 1.82) is 0 Å². The molecule has 33 heavy (non-hydrogen) atoms. The standard InChI is InChI=1S/C23H18BrN3O4S2/c24-14-6-8-15(9-7-14)31-20-17(21(28)26-10-2-1-5-19(26)25-20)12-18-22(29)27(23(32)33-18)13-16-4-3-11-30-16/h1-2,5-10,12,16H,3-4,11,13H2/b18-12-/t16-/m0/s1. The summed E-state index contributed by atoms with van der Waals surface area (Å²) in [6.45, 7) is 1.12. The molecule has 0 saturated carbocycles. The van der Waals surface area contributed by atoms with Gasteiger partial charge in [-0.15, -0.1) is 0 Å². The lowest BCUT2D eigenvalue weighted by molar-refractivity contribution is -0.123. The fraction of sp³-hybridized carbons (Fsp3) is 0.217. The quantitative estimate of drug-likeness (QED) is 0.343. The smallest absolute Gasteiger partial charge is 0.269 e. The zero-order valence-corrected chi connectivity index (χ0v) is 20.5. The number of ether oxygens (including phenoxy) is 2. The number of benzene rings is 1. The minimum atomic E-state index is -0.336. The van der Waals surface area contributed by atoms with Gasteiger partial charge in [0, 0.05) is 17.3 Å². The molecule has 10 heteroatoms. The van der Waals surface area contributed by atoms with Gasteiger partial charge < -0.3 is 9.47 Å². The molecule has 0 bridgehead atoms. The maximum atomic E-state index is 13.3. The monoisotopic (exact) mass is 543 g/mol. The lowest BCUT2D eigenvalue weighted by Crippen LogP contribution is -2.35. The van der Waals surface area contributed by atoms with E-state index in [2.05, 4.69) is 20.9 Å². The molecule has 1 aromatic carbocycles. The summed E-state index contributed by atoms with van der Waals surface area (Å²) in [4.78, 5) is 32.9. The van der Waals surface area contributed by atoms with Gasteiger partial charge in [-0.2, -0.15) is 4.98 Å². The zero-order chi connectivity index (χ0) is 22.9. The van der Waals surface area contributed by atoms with Crippen LogP contribution in [0.5, 0.6) is 11.6 Å². The van der Waals surface area contributed by atoms with E-state index < -0.39 is 0 Å². The summed E-state index contributed by atoms with van der Waals surface area (Å²) in [6, 6.07) is 12.5. The number of aromatic nitrogens is 2. The number of thioether (sulfide) groups is 1. The third kappa shape index (κ3) is 4.61. The summed E-state index contributed by atoms with van der Waals surface area (Å²) in [5.74, 6) is 0.400. The molecule has 0 N–H and O–H groups in total. The molecule has 2 aliphatic rings. The van der Waals surface area contributed by atoms with Gasteiger partial charge in [0.05, 0.1) is 17.6 Å². The fourth-order valence-corrected chi connectivity index (χ4v) is 5.20. The Balaban J connectivity index is 1.54. The maximum Gasteiger partial charge on any atom is 0.269 e. The number of halogens is 1. The molecule has 2 saturated heterocycles. The molecule has 2 aromatic heterocycles. The Hall–Kier alpha value is -2.53. The van der Waals surface area contributed by atoms with Crippen LogP contribution in [-0.4, -0.2) is 43.8 Å². The second-order valence-corrected chi connectivity index (χ2v) is 10.1. The molecule has 4 heterocycles. The van der Waals surface area contributed by atoms with Crippen LogP contribution in [0.1, 0.15) is 18.4 Å². The van der Waals surface area contributed by atoms with Crippen LogP contribution in [0, 0.1) is 0 Å². The SMILES string of the molecule is O=C1/C(=C/c2c(Oc3ccc(Br)cc3)nc3ccccn3c2=O)SC(=S)N1C[C@@H]1CCCO1. The number of fused-ring (bicyclic) bond motifs is 1. The molecule has 0 unspecified atom stereocenters. The molecule has 3 aromatic rings. The highest BCUT2D eigenvalue weighted by atomic mass is 79.9. The van der Waals surface area contributed by atoms with Crippen LogP contribution >= 0.6 is 39.9 Å². The molecule has 5 rings (SSSR count). The second-order valence-electron chi connectivity index (χ2n) is 7.55. The van der Waals surface area contributed by atoms with Crippen LogP contribution in [0.3, 0.4) is 0 Å². The Morgan fingerprint density at radius 2 is 2.06 bits per heavy atom. The second kappa shape index (κ2) is 9.38. The third-order valence-electron chi connectivity index (χ3n) is 5.32. The van der Waals surface area contributed by atoms with Gasteiger partial charge in [0.2, 0.25) is 5.88 Å². The van der Waals surface area contributed by atoms with E-state index in [1.165, 1.54) is 22.2 Å². The van der Waals surface area contributed by atoms with E-state index in [4.69, 9.17) is 21.7 Å². The zero-order valence-electron chi connectivity index (χ0n) is 17.3. The van der Waals surface area contributed by atoms with Gasteiger partial charge in [0.1, 0.15) is 21.3 Å². The predicted octanol–water partition coefficient (Wildman–Crippen LogP) is 4.63. The number of carbonyl (C=O) groups excluding carboxylic acids is 1. The highest BCUT2D eigenvalue weighted by Crippen LogP contribution is 2.35. The summed E-state index contributed by atoms with van der Waals surface area (Å²) in [6.07, 6.45) is 5.02. The molecule has 0 spiro atoms. The Kier molecular flexibility index (Phi) is 6.33. The molecule has 0 aliphatic carbocycles. The van der Waals surface area contributed by atoms with Gasteiger partial charge >= 0.3 is 0 Å². The molecular weight excluding hydrogens is 526 g/mol. The minimum Gasteiger partial charge on any atom is -0.438 e. The van der Waals surface area contributed by atoms with Gasteiger partial charge in [-0.05, 0) is 55.3 Å². The highest BCUT2D eigenvalue weighted by Gasteiger charge is 2.35. The molecule has 0 radical (unpaired) electrons. The first-order valence-corrected chi connectivity index (χ1v) is 12.3. The average Bonchev–Trinajstić information content (AvgIpc) is 3.42. The largest absolute Gasteiger partial charge is 0.438 e. The van der Waals surface area contributed by atoms with Crippen molar-refractivity contribution in [1.82, 2.24) is 14.3 Å². The Labute approximate surface area is 207 Å². The third-order valence-corrected chi connectivity index (χ3v) is 7.23. The lowest BCUT2D eigenvalue weighted by Gasteiger charge is -2.18. The number of amides is 1. The topological polar surface area (TPSA) is 73.1 Å². The van der Waals surface area contributed by atoms with Crippen LogP contribution < -0.4 is 10.3 Å². The van der Waals surface area contributed by atoms with Crippen molar-refractivity contribution in [3.63, 3.8) is 0 Å². The number of thiocarbonyl (C=S) groups is 1. The van der Waals surface area contributed by atoms with Gasteiger partial charge in [-0.3, -0.25) is 18.9 Å². The van der Waals surface area contributed by atoms with E-state index in [1.54, 1.807) is 41.4 Å². The molecule has 1 amide bonds. The maximum absolute atomic E-state index is 13.3. The van der Waals surface area contributed by atoms with Crippen LogP contribution in [0.4, 0.5) is 0 Å². The lowest BCUT2D eigenvalue weighted by atomic mass is 10.2. The van der Waals surface area contributed by atoms with Crippen molar-refractivity contribution in [3.8, 4) is 11.6 Å². The molecule has 2 fully saturated rings. The molecular formula is C23H18BrN3O4S2. The van der Waals surface area contributed by atoms with Crippen molar-refractivity contribution in [2.45, 2.75) is 18.9 Å². The summed E-state index contributed by atoms with van der Waals surface area (Å²) < 4.78 is 14.4. The van der Waals surface area contributed by atoms with Crippen LogP contribution in [0.25, 0.3) is 11.7 Å². The number of pyridine rings is 1. The number of hydrogen-bond donors (Lipinski definition) is 0. The number of carbonyl (C=O) groups is 1. The van der Waals surface area contributed by atoms with E-state index in [9.17, 15) is 9.59 Å². The number of hydrogen-bond acceptors (Lipinski definition) is 7. The van der Waals surface area contributed by atoms with Gasteiger partial charge in [0.15, 0.2) is 0 Å². The Bertz CT molecular complexity index is 1330. The van der Waals surface area contributed by atoms with E-state index >= 15 is 0 Å². The summed E-state index contributed by atoms with van der Waals surface area (Å²) >= 11 is 10.0. The summed E-state index contributed by atoms with van der Waals surface area (Å²) in [5, 5.41) is 0. The highest BCUT2D eigenvalue weighted by molar-refractivity contribution is 9.10. The van der Waals surface area contributed by atoms with Crippen molar-refractivity contribution in [2.24, 2.45) is 0 Å². The average molecular weight is 544 g/mol. The Morgan fingerprint density at radius 1 is 1.24 bits per heavy atom. The molecule has 7 nitrogen and oxygen atoms in total. The van der Waals surface area contributed by atoms with E-state index in [0.29, 0.717) is 33.8 Å². The predicted molar refractivity (Wildman–Crippen MR) is 135 cm³/mol. The van der Waals surface area contributed by atoms with Crippen molar-refractivity contribution in [3.05, 3.63) is 74.0 Å². The normalized spacial score (nSPS) is 19.7. The molecule has 2 aliphatic heterocycles. The molecule has 1 atom stereocenters. The first-order chi connectivity index (χ1) is 16.0. The fourth-order valence-electron chi connectivity index (χ4n) is 3.68. The minimum absolute atomic E-state index is 0.0175. The summed E-state index contributed by atoms with van der Waals surface area (Å²) in [7, 11) is 0. The first-order valence-electron chi connectivity index (χ1n) is 10.3. The van der Waals surface area contributed by atoms with Gasteiger partial charge in [-0.25, -0.2) is 0 Å². The van der Waals surface area contributed by atoms with Crippen LogP contribution in [0.15, 0.2) is 62.8 Å². The van der Waals surface area contributed by atoms with Gasteiger partial charge in [0.25, 0.3) is 11.5 Å². The number of nitrogens with zero attached hydrogens (tertiary/aromatic N) is 3. The van der Waals surface area contributed by atoms with E-state index in [-0.39, 0.29) is 29.0 Å². The summed E-state index contributed by atoms with van der Waals surface area (Å²) in [5.41, 5.74) is 0.286.